The van der Waals surface area contributed by atoms with Crippen LogP contribution in [-0.2, 0) is 22.6 Å². The van der Waals surface area contributed by atoms with Crippen LogP contribution in [0.15, 0.2) is 59.6 Å². The second kappa shape index (κ2) is 14.8. The number of amides is 1. The van der Waals surface area contributed by atoms with Gasteiger partial charge in [-0.2, -0.15) is 0 Å². The number of carbonyl (C=O) groups is 1. The fraction of sp³-hybridized carbons (Fsp3) is 0.440. The van der Waals surface area contributed by atoms with Crippen molar-refractivity contribution >= 4 is 35.8 Å². The van der Waals surface area contributed by atoms with Crippen LogP contribution in [0.3, 0.4) is 0 Å². The summed E-state index contributed by atoms with van der Waals surface area (Å²) < 4.78 is 19.2. The fourth-order valence-electron chi connectivity index (χ4n) is 3.76. The van der Waals surface area contributed by atoms with Crippen molar-refractivity contribution in [1.29, 1.82) is 0 Å². The van der Waals surface area contributed by atoms with Gasteiger partial charge in [0.1, 0.15) is 5.82 Å². The molecule has 1 atom stereocenters. The quantitative estimate of drug-likeness (QED) is 0.199. The van der Waals surface area contributed by atoms with Gasteiger partial charge in [-0.05, 0) is 36.6 Å². The summed E-state index contributed by atoms with van der Waals surface area (Å²) in [6.07, 6.45) is 1.24. The van der Waals surface area contributed by atoms with Crippen molar-refractivity contribution in [3.8, 4) is 0 Å². The molecule has 2 N–H and O–H groups in total. The van der Waals surface area contributed by atoms with E-state index < -0.39 is 0 Å². The van der Waals surface area contributed by atoms with E-state index in [1.165, 1.54) is 17.7 Å². The van der Waals surface area contributed by atoms with Crippen molar-refractivity contribution in [3.63, 3.8) is 0 Å². The smallest absolute Gasteiger partial charge is 0.224 e. The molecule has 1 amide bonds. The molecule has 1 fully saturated rings. The Hall–Kier alpha value is -2.20. The van der Waals surface area contributed by atoms with Gasteiger partial charge in [-0.15, -0.1) is 24.0 Å². The van der Waals surface area contributed by atoms with Gasteiger partial charge in [-0.3, -0.25) is 9.79 Å². The second-order valence-corrected chi connectivity index (χ2v) is 7.99. The summed E-state index contributed by atoms with van der Waals surface area (Å²) in [6.45, 7) is 7.00. The SMILES string of the molecule is CCNC(=NCCNC(=O)Cc1cccc(F)c1)N1CCC(COCc2ccccc2)C1.I. The molecule has 0 aliphatic carbocycles. The van der Waals surface area contributed by atoms with Gasteiger partial charge in [0.25, 0.3) is 0 Å². The standard InChI is InChI=1S/C25H33FN4O2.HI/c1-2-27-25(29-13-12-28-24(31)16-21-9-6-10-23(26)15-21)30-14-11-22(17-30)19-32-18-20-7-4-3-5-8-20;/h3-10,15,22H,2,11-14,16-19H2,1H3,(H,27,29)(H,28,31);1H. The third-order valence-corrected chi connectivity index (χ3v) is 5.33. The molecule has 0 bridgehead atoms. The van der Waals surface area contributed by atoms with E-state index in [9.17, 15) is 9.18 Å². The Labute approximate surface area is 213 Å². The Morgan fingerprint density at radius 3 is 2.70 bits per heavy atom. The maximum absolute atomic E-state index is 13.2. The van der Waals surface area contributed by atoms with E-state index in [2.05, 4.69) is 32.7 Å². The normalized spacial score (nSPS) is 15.8. The van der Waals surface area contributed by atoms with E-state index in [0.717, 1.165) is 38.6 Å². The number of guanidine groups is 1. The molecule has 6 nitrogen and oxygen atoms in total. The number of nitrogens with one attached hydrogen (secondary N) is 2. The highest BCUT2D eigenvalue weighted by atomic mass is 127. The van der Waals surface area contributed by atoms with E-state index in [0.29, 0.717) is 31.2 Å². The van der Waals surface area contributed by atoms with Crippen molar-refractivity contribution in [3.05, 3.63) is 71.5 Å². The molecular weight excluding hydrogens is 534 g/mol. The van der Waals surface area contributed by atoms with Gasteiger partial charge in [0.05, 0.1) is 26.2 Å². The second-order valence-electron chi connectivity index (χ2n) is 7.99. The summed E-state index contributed by atoms with van der Waals surface area (Å²) in [6, 6.07) is 16.3. The molecule has 0 spiro atoms. The van der Waals surface area contributed by atoms with Gasteiger partial charge in [-0.25, -0.2) is 4.39 Å². The van der Waals surface area contributed by atoms with Gasteiger partial charge in [0, 0.05) is 32.1 Å². The van der Waals surface area contributed by atoms with Crippen molar-refractivity contribution in [2.24, 2.45) is 10.9 Å². The first-order valence-corrected chi connectivity index (χ1v) is 11.3. The lowest BCUT2D eigenvalue weighted by atomic mass is 10.1. The first-order valence-electron chi connectivity index (χ1n) is 11.3. The van der Waals surface area contributed by atoms with Gasteiger partial charge >= 0.3 is 0 Å². The van der Waals surface area contributed by atoms with Crippen molar-refractivity contribution in [1.82, 2.24) is 15.5 Å². The van der Waals surface area contributed by atoms with E-state index in [1.54, 1.807) is 12.1 Å². The highest BCUT2D eigenvalue weighted by Crippen LogP contribution is 2.17. The van der Waals surface area contributed by atoms with Crippen LogP contribution >= 0.6 is 24.0 Å². The number of likely N-dealkylation sites (tertiary alicyclic amines) is 1. The number of aliphatic imine (C=N–C) groups is 1. The Morgan fingerprint density at radius 2 is 1.94 bits per heavy atom. The van der Waals surface area contributed by atoms with Crippen LogP contribution in [0.5, 0.6) is 0 Å². The van der Waals surface area contributed by atoms with Crippen LogP contribution in [-0.4, -0.2) is 56.1 Å². The van der Waals surface area contributed by atoms with Crippen molar-refractivity contribution in [2.75, 3.05) is 39.3 Å². The van der Waals surface area contributed by atoms with Gasteiger partial charge in [0.15, 0.2) is 5.96 Å². The molecule has 180 valence electrons. The maximum Gasteiger partial charge on any atom is 0.224 e. The van der Waals surface area contributed by atoms with E-state index in [4.69, 9.17) is 4.74 Å². The summed E-state index contributed by atoms with van der Waals surface area (Å²) in [7, 11) is 0. The highest BCUT2D eigenvalue weighted by Gasteiger charge is 2.25. The number of rotatable bonds is 10. The van der Waals surface area contributed by atoms with Gasteiger partial charge < -0.3 is 20.3 Å². The molecule has 1 saturated heterocycles. The molecule has 1 aliphatic rings. The molecule has 1 unspecified atom stereocenters. The van der Waals surface area contributed by atoms with E-state index >= 15 is 0 Å². The van der Waals surface area contributed by atoms with Gasteiger partial charge in [-0.1, -0.05) is 42.5 Å². The first-order chi connectivity index (χ1) is 15.6. The number of carbonyl (C=O) groups excluding carboxylic acids is 1. The number of hydrogen-bond acceptors (Lipinski definition) is 3. The zero-order chi connectivity index (χ0) is 22.6. The Kier molecular flexibility index (Phi) is 12.2. The van der Waals surface area contributed by atoms with Crippen molar-refractivity contribution < 1.29 is 13.9 Å². The number of halogens is 2. The lowest BCUT2D eigenvalue weighted by Crippen LogP contribution is -2.41. The molecule has 0 radical (unpaired) electrons. The molecule has 1 aliphatic heterocycles. The largest absolute Gasteiger partial charge is 0.376 e. The summed E-state index contributed by atoms with van der Waals surface area (Å²) in [5.74, 6) is 0.892. The lowest BCUT2D eigenvalue weighted by Gasteiger charge is -2.21. The Morgan fingerprint density at radius 1 is 1.15 bits per heavy atom. The molecule has 2 aromatic rings. The number of ether oxygens (including phenoxy) is 1. The average Bonchev–Trinajstić information content (AvgIpc) is 3.25. The first kappa shape index (κ1) is 27.0. The summed E-state index contributed by atoms with van der Waals surface area (Å²) in [5.41, 5.74) is 1.86. The summed E-state index contributed by atoms with van der Waals surface area (Å²) >= 11 is 0. The summed E-state index contributed by atoms with van der Waals surface area (Å²) in [5, 5.41) is 6.20. The third-order valence-electron chi connectivity index (χ3n) is 5.33. The van der Waals surface area contributed by atoms with Gasteiger partial charge in [0.2, 0.25) is 5.91 Å². The molecule has 0 saturated carbocycles. The third kappa shape index (κ3) is 9.67. The lowest BCUT2D eigenvalue weighted by molar-refractivity contribution is -0.120. The Bertz CT molecular complexity index is 882. The molecule has 2 aromatic carbocycles. The molecule has 1 heterocycles. The monoisotopic (exact) mass is 568 g/mol. The van der Waals surface area contributed by atoms with Crippen LogP contribution in [0.2, 0.25) is 0 Å². The highest BCUT2D eigenvalue weighted by molar-refractivity contribution is 14.0. The van der Waals surface area contributed by atoms with E-state index in [-0.39, 0.29) is 42.1 Å². The minimum Gasteiger partial charge on any atom is -0.376 e. The molecule has 33 heavy (non-hydrogen) atoms. The Balaban J connectivity index is 0.00000385. The summed E-state index contributed by atoms with van der Waals surface area (Å²) in [4.78, 5) is 19.0. The van der Waals surface area contributed by atoms with Crippen LogP contribution in [0, 0.1) is 11.7 Å². The number of hydrogen-bond donors (Lipinski definition) is 2. The zero-order valence-electron chi connectivity index (χ0n) is 19.1. The van der Waals surface area contributed by atoms with Crippen LogP contribution in [0.25, 0.3) is 0 Å². The minimum absolute atomic E-state index is 0. The number of benzene rings is 2. The van der Waals surface area contributed by atoms with Crippen LogP contribution in [0.1, 0.15) is 24.5 Å². The molecule has 3 rings (SSSR count). The van der Waals surface area contributed by atoms with Crippen LogP contribution < -0.4 is 10.6 Å². The van der Waals surface area contributed by atoms with Crippen molar-refractivity contribution in [2.45, 2.75) is 26.4 Å². The number of nitrogens with zero attached hydrogens (tertiary/aromatic N) is 2. The minimum atomic E-state index is -0.329. The molecule has 8 heteroatoms. The fourth-order valence-corrected chi connectivity index (χ4v) is 3.76. The maximum atomic E-state index is 13.2. The van der Waals surface area contributed by atoms with Crippen LogP contribution in [0.4, 0.5) is 4.39 Å². The predicted octanol–water partition coefficient (Wildman–Crippen LogP) is 3.61. The average molecular weight is 568 g/mol. The van der Waals surface area contributed by atoms with E-state index in [1.807, 2.05) is 25.1 Å². The topological polar surface area (TPSA) is 66.0 Å². The zero-order valence-corrected chi connectivity index (χ0v) is 21.5. The predicted molar refractivity (Wildman–Crippen MR) is 140 cm³/mol. The molecular formula is C25H34FIN4O2. The molecule has 0 aromatic heterocycles.